The van der Waals surface area contributed by atoms with E-state index in [0.29, 0.717) is 24.5 Å². The van der Waals surface area contributed by atoms with Crippen molar-refractivity contribution in [1.82, 2.24) is 0 Å². The van der Waals surface area contributed by atoms with Crippen LogP contribution in [-0.2, 0) is 9.78 Å². The predicted molar refractivity (Wildman–Crippen MR) is 53.1 cm³/mol. The summed E-state index contributed by atoms with van der Waals surface area (Å²) in [6, 6.07) is 8.66. The molecule has 0 saturated heterocycles. The Kier molecular flexibility index (Phi) is 5.04. The fourth-order valence-electron chi connectivity index (χ4n) is 0.831. The maximum atomic E-state index is 11.2. The van der Waals surface area contributed by atoms with E-state index < -0.39 is 5.97 Å². The van der Waals surface area contributed by atoms with Gasteiger partial charge in [0.15, 0.2) is 0 Å². The molecule has 0 heterocycles. The molecule has 1 aromatic carbocycles. The van der Waals surface area contributed by atoms with Gasteiger partial charge >= 0.3 is 5.97 Å². The van der Waals surface area contributed by atoms with Crippen molar-refractivity contribution in [2.24, 2.45) is 0 Å². The van der Waals surface area contributed by atoms with E-state index >= 15 is 0 Å². The fraction of sp³-hybridized carbons (Fsp3) is 0.300. The zero-order valence-electron chi connectivity index (χ0n) is 7.61. The lowest BCUT2D eigenvalue weighted by Crippen LogP contribution is -2.06. The molecule has 0 unspecified atom stereocenters. The molecule has 0 bridgehead atoms. The van der Waals surface area contributed by atoms with E-state index in [4.69, 9.17) is 11.6 Å². The molecular formula is C10H11ClO3. The minimum absolute atomic E-state index is 0.322. The van der Waals surface area contributed by atoms with Gasteiger partial charge in [-0.05, 0) is 18.6 Å². The highest BCUT2D eigenvalue weighted by Gasteiger charge is 2.06. The largest absolute Gasteiger partial charge is 0.373 e. The summed E-state index contributed by atoms with van der Waals surface area (Å²) in [5.74, 6) is 0.00302. The summed E-state index contributed by atoms with van der Waals surface area (Å²) < 4.78 is 0. The van der Waals surface area contributed by atoms with Gasteiger partial charge in [-0.25, -0.2) is 4.79 Å². The zero-order valence-corrected chi connectivity index (χ0v) is 8.37. The molecule has 0 aliphatic heterocycles. The Hall–Kier alpha value is -1.06. The Bertz CT molecular complexity index is 274. The van der Waals surface area contributed by atoms with Crippen LogP contribution in [0.2, 0.25) is 0 Å². The van der Waals surface area contributed by atoms with Crippen LogP contribution in [0.3, 0.4) is 0 Å². The number of rotatable bonds is 5. The fourth-order valence-corrected chi connectivity index (χ4v) is 0.940. The third kappa shape index (κ3) is 3.77. The van der Waals surface area contributed by atoms with Gasteiger partial charge < -0.3 is 0 Å². The molecule has 4 heteroatoms. The first-order valence-corrected chi connectivity index (χ1v) is 4.83. The lowest BCUT2D eigenvalue weighted by atomic mass is 10.2. The minimum Gasteiger partial charge on any atom is -0.293 e. The SMILES string of the molecule is O=C(OOCCCCl)c1ccccc1. The molecule has 0 atom stereocenters. The van der Waals surface area contributed by atoms with Crippen molar-refractivity contribution in [2.75, 3.05) is 12.5 Å². The Balaban J connectivity index is 2.29. The van der Waals surface area contributed by atoms with Gasteiger partial charge in [-0.1, -0.05) is 18.2 Å². The van der Waals surface area contributed by atoms with Crippen molar-refractivity contribution >= 4 is 17.6 Å². The van der Waals surface area contributed by atoms with Crippen LogP contribution in [-0.4, -0.2) is 18.5 Å². The number of carbonyl (C=O) groups is 1. The number of hydrogen-bond acceptors (Lipinski definition) is 3. The van der Waals surface area contributed by atoms with Gasteiger partial charge in [-0.15, -0.1) is 11.6 Å². The summed E-state index contributed by atoms with van der Waals surface area (Å²) in [5, 5.41) is 0. The number of hydrogen-bond donors (Lipinski definition) is 0. The molecule has 76 valence electrons. The second-order valence-electron chi connectivity index (χ2n) is 2.60. The number of carbonyl (C=O) groups excluding carboxylic acids is 1. The van der Waals surface area contributed by atoms with Crippen LogP contribution in [0.1, 0.15) is 16.8 Å². The lowest BCUT2D eigenvalue weighted by Gasteiger charge is -2.01. The van der Waals surface area contributed by atoms with Crippen molar-refractivity contribution in [3.05, 3.63) is 35.9 Å². The molecule has 0 radical (unpaired) electrons. The van der Waals surface area contributed by atoms with Gasteiger partial charge in [-0.3, -0.25) is 4.89 Å². The third-order valence-electron chi connectivity index (χ3n) is 1.51. The van der Waals surface area contributed by atoms with Crippen LogP contribution < -0.4 is 0 Å². The van der Waals surface area contributed by atoms with Gasteiger partial charge in [0.2, 0.25) is 0 Å². The van der Waals surface area contributed by atoms with E-state index in [-0.39, 0.29) is 0 Å². The number of benzene rings is 1. The Morgan fingerprint density at radius 2 is 2.00 bits per heavy atom. The topological polar surface area (TPSA) is 35.5 Å². The first kappa shape index (κ1) is 11.0. The standard InChI is InChI=1S/C10H11ClO3/c11-7-4-8-13-14-10(12)9-5-2-1-3-6-9/h1-3,5-6H,4,7-8H2. The van der Waals surface area contributed by atoms with Crippen LogP contribution in [0, 0.1) is 0 Å². The normalized spacial score (nSPS) is 9.79. The van der Waals surface area contributed by atoms with Crippen LogP contribution in [0.25, 0.3) is 0 Å². The van der Waals surface area contributed by atoms with E-state index in [9.17, 15) is 4.79 Å². The molecule has 0 aliphatic carbocycles. The van der Waals surface area contributed by atoms with Gasteiger partial charge in [-0.2, -0.15) is 4.89 Å². The van der Waals surface area contributed by atoms with Gasteiger partial charge in [0.05, 0.1) is 12.2 Å². The highest BCUT2D eigenvalue weighted by molar-refractivity contribution is 6.17. The molecule has 0 amide bonds. The summed E-state index contributed by atoms with van der Waals surface area (Å²) >= 11 is 5.41. The van der Waals surface area contributed by atoms with E-state index in [1.54, 1.807) is 24.3 Å². The molecule has 0 saturated carbocycles. The van der Waals surface area contributed by atoms with Gasteiger partial charge in [0, 0.05) is 5.88 Å². The second kappa shape index (κ2) is 6.40. The molecule has 3 nitrogen and oxygen atoms in total. The van der Waals surface area contributed by atoms with Crippen molar-refractivity contribution in [3.8, 4) is 0 Å². The summed E-state index contributed by atoms with van der Waals surface area (Å²) in [4.78, 5) is 20.4. The van der Waals surface area contributed by atoms with E-state index in [2.05, 4.69) is 9.78 Å². The van der Waals surface area contributed by atoms with Crippen LogP contribution >= 0.6 is 11.6 Å². The quantitative estimate of drug-likeness (QED) is 0.327. The van der Waals surface area contributed by atoms with Gasteiger partial charge in [0.25, 0.3) is 0 Å². The average Bonchev–Trinajstić information content (AvgIpc) is 2.25. The maximum Gasteiger partial charge on any atom is 0.373 e. The molecule has 0 aliphatic rings. The molecule has 1 rings (SSSR count). The second-order valence-corrected chi connectivity index (χ2v) is 2.98. The summed E-state index contributed by atoms with van der Waals surface area (Å²) in [6.07, 6.45) is 0.656. The summed E-state index contributed by atoms with van der Waals surface area (Å²) in [7, 11) is 0. The smallest absolute Gasteiger partial charge is 0.293 e. The lowest BCUT2D eigenvalue weighted by molar-refractivity contribution is -0.240. The minimum atomic E-state index is -0.486. The van der Waals surface area contributed by atoms with Crippen molar-refractivity contribution in [2.45, 2.75) is 6.42 Å². The van der Waals surface area contributed by atoms with Crippen molar-refractivity contribution in [3.63, 3.8) is 0 Å². The molecular weight excluding hydrogens is 204 g/mol. The molecule has 14 heavy (non-hydrogen) atoms. The Labute approximate surface area is 87.5 Å². The molecule has 0 spiro atoms. The maximum absolute atomic E-state index is 11.2. The monoisotopic (exact) mass is 214 g/mol. The van der Waals surface area contributed by atoms with Crippen LogP contribution in [0.15, 0.2) is 30.3 Å². The van der Waals surface area contributed by atoms with E-state index in [0.717, 1.165) is 0 Å². The number of alkyl halides is 1. The van der Waals surface area contributed by atoms with Crippen molar-refractivity contribution < 1.29 is 14.6 Å². The Morgan fingerprint density at radius 1 is 1.29 bits per heavy atom. The highest BCUT2D eigenvalue weighted by atomic mass is 35.5. The van der Waals surface area contributed by atoms with E-state index in [1.807, 2.05) is 6.07 Å². The number of halogens is 1. The molecule has 0 aromatic heterocycles. The van der Waals surface area contributed by atoms with Crippen molar-refractivity contribution in [1.29, 1.82) is 0 Å². The molecule has 0 N–H and O–H groups in total. The first-order valence-electron chi connectivity index (χ1n) is 4.29. The third-order valence-corrected chi connectivity index (χ3v) is 1.77. The first-order chi connectivity index (χ1) is 6.84. The predicted octanol–water partition coefficient (Wildman–Crippen LogP) is 2.40. The highest BCUT2D eigenvalue weighted by Crippen LogP contribution is 2.01. The molecule has 0 fully saturated rings. The average molecular weight is 215 g/mol. The van der Waals surface area contributed by atoms with Crippen LogP contribution in [0.5, 0.6) is 0 Å². The summed E-state index contributed by atoms with van der Waals surface area (Å²) in [5.41, 5.74) is 0.471. The van der Waals surface area contributed by atoms with Crippen LogP contribution in [0.4, 0.5) is 0 Å². The Morgan fingerprint density at radius 3 is 2.64 bits per heavy atom. The van der Waals surface area contributed by atoms with E-state index in [1.165, 1.54) is 0 Å². The molecule has 1 aromatic rings. The zero-order chi connectivity index (χ0) is 10.2. The summed E-state index contributed by atoms with van der Waals surface area (Å²) in [6.45, 7) is 0.322. The van der Waals surface area contributed by atoms with Gasteiger partial charge in [0.1, 0.15) is 0 Å².